The lowest BCUT2D eigenvalue weighted by molar-refractivity contribution is -0.121. The van der Waals surface area contributed by atoms with Crippen LogP contribution in [0.2, 0.25) is 0 Å². The molecular formula is C31H41FN6O2. The molecule has 2 aromatic rings. The Morgan fingerprint density at radius 3 is 2.58 bits per heavy atom. The average molecular weight is 549 g/mol. The maximum Gasteiger partial charge on any atom is 0.241 e. The first kappa shape index (κ1) is 28.6. The molecule has 5 rings (SSSR count). The fourth-order valence-electron chi connectivity index (χ4n) is 6.38. The van der Waals surface area contributed by atoms with E-state index < -0.39 is 0 Å². The number of aromatic nitrogens is 1. The maximum absolute atomic E-state index is 14.0. The fraction of sp³-hybridized carbons (Fsp3) is 0.581. The van der Waals surface area contributed by atoms with Gasteiger partial charge in [-0.2, -0.15) is 5.26 Å². The van der Waals surface area contributed by atoms with Crippen LogP contribution in [-0.4, -0.2) is 90.8 Å². The summed E-state index contributed by atoms with van der Waals surface area (Å²) in [4.78, 5) is 25.5. The van der Waals surface area contributed by atoms with Gasteiger partial charge in [-0.1, -0.05) is 26.0 Å². The van der Waals surface area contributed by atoms with E-state index in [9.17, 15) is 14.4 Å². The van der Waals surface area contributed by atoms with Gasteiger partial charge in [0.1, 0.15) is 17.6 Å². The Morgan fingerprint density at radius 2 is 1.90 bits per heavy atom. The molecule has 1 amide bonds. The maximum atomic E-state index is 14.0. The Kier molecular flexibility index (Phi) is 8.25. The number of fused-ring (bicyclic) bond motifs is 1. The lowest BCUT2D eigenvalue weighted by Gasteiger charge is -2.46. The van der Waals surface area contributed by atoms with E-state index in [4.69, 9.17) is 9.72 Å². The first-order chi connectivity index (χ1) is 19.1. The summed E-state index contributed by atoms with van der Waals surface area (Å²) in [5.74, 6) is -0.249. The predicted molar refractivity (Wildman–Crippen MR) is 153 cm³/mol. The number of anilines is 1. The van der Waals surface area contributed by atoms with E-state index in [1.807, 2.05) is 11.0 Å². The molecule has 0 saturated carbocycles. The number of ether oxygens (including phenoxy) is 1. The smallest absolute Gasteiger partial charge is 0.241 e. The van der Waals surface area contributed by atoms with Crippen molar-refractivity contribution in [3.05, 3.63) is 58.7 Å². The van der Waals surface area contributed by atoms with Gasteiger partial charge in [0.15, 0.2) is 0 Å². The first-order valence-electron chi connectivity index (χ1n) is 14.4. The van der Waals surface area contributed by atoms with Gasteiger partial charge in [-0.3, -0.25) is 14.6 Å². The molecule has 4 heterocycles. The van der Waals surface area contributed by atoms with Crippen LogP contribution in [-0.2, 0) is 21.4 Å². The van der Waals surface area contributed by atoms with Gasteiger partial charge in [-0.15, -0.1) is 0 Å². The van der Waals surface area contributed by atoms with Crippen LogP contribution in [0, 0.1) is 17.1 Å². The van der Waals surface area contributed by atoms with Crippen molar-refractivity contribution in [3.8, 4) is 6.07 Å². The van der Waals surface area contributed by atoms with Crippen LogP contribution in [0.3, 0.4) is 0 Å². The van der Waals surface area contributed by atoms with Crippen LogP contribution in [0.15, 0.2) is 30.3 Å². The molecule has 0 spiro atoms. The monoisotopic (exact) mass is 548 g/mol. The van der Waals surface area contributed by atoms with Crippen molar-refractivity contribution in [1.82, 2.24) is 20.1 Å². The molecule has 214 valence electrons. The van der Waals surface area contributed by atoms with Crippen molar-refractivity contribution >= 4 is 11.6 Å². The number of nitriles is 1. The molecule has 0 bridgehead atoms. The van der Waals surface area contributed by atoms with Gasteiger partial charge in [-0.25, -0.2) is 9.37 Å². The largest absolute Gasteiger partial charge is 0.378 e. The third-order valence-electron chi connectivity index (χ3n) is 8.62. The van der Waals surface area contributed by atoms with Gasteiger partial charge in [-0.05, 0) is 50.1 Å². The SMILES string of the molecule is C[C@@H]1CN(CC(=O)N2CC(C)(C)c3nc(C#N)c(Cc4ccc(F)cc4)cc32)[C@@H](CN2[C@H](C)COC[C@H]2C)CN1. The number of carbonyl (C=O) groups is 1. The Morgan fingerprint density at radius 1 is 1.20 bits per heavy atom. The Hall–Kier alpha value is -2.90. The topological polar surface area (TPSA) is 84.7 Å². The number of piperazine rings is 1. The summed E-state index contributed by atoms with van der Waals surface area (Å²) < 4.78 is 19.2. The number of pyridine rings is 1. The number of hydrogen-bond acceptors (Lipinski definition) is 7. The van der Waals surface area contributed by atoms with Crippen molar-refractivity contribution in [1.29, 1.82) is 5.26 Å². The quantitative estimate of drug-likeness (QED) is 0.594. The van der Waals surface area contributed by atoms with Crippen LogP contribution in [0.1, 0.15) is 57.1 Å². The Labute approximate surface area is 237 Å². The number of benzene rings is 1. The van der Waals surface area contributed by atoms with E-state index in [0.717, 1.165) is 55.4 Å². The van der Waals surface area contributed by atoms with Crippen molar-refractivity contribution < 1.29 is 13.9 Å². The number of halogens is 1. The number of amides is 1. The summed E-state index contributed by atoms with van der Waals surface area (Å²) in [6, 6.07) is 11.7. The lowest BCUT2D eigenvalue weighted by Crippen LogP contribution is -2.63. The highest BCUT2D eigenvalue weighted by Crippen LogP contribution is 2.40. The zero-order valence-corrected chi connectivity index (χ0v) is 24.3. The van der Waals surface area contributed by atoms with Crippen LogP contribution < -0.4 is 10.2 Å². The second-order valence-electron chi connectivity index (χ2n) is 12.5. The van der Waals surface area contributed by atoms with Crippen LogP contribution in [0.25, 0.3) is 0 Å². The van der Waals surface area contributed by atoms with Gasteiger partial charge in [0, 0.05) is 62.2 Å². The van der Waals surface area contributed by atoms with Crippen molar-refractivity contribution in [2.45, 2.75) is 70.6 Å². The molecule has 3 aliphatic heterocycles. The second-order valence-corrected chi connectivity index (χ2v) is 12.5. The summed E-state index contributed by atoms with van der Waals surface area (Å²) in [5, 5.41) is 13.5. The molecule has 2 fully saturated rings. The minimum absolute atomic E-state index is 0.0493. The van der Waals surface area contributed by atoms with Crippen molar-refractivity contribution in [2.24, 2.45) is 0 Å². The summed E-state index contributed by atoms with van der Waals surface area (Å²) in [6.45, 7) is 15.6. The zero-order chi connectivity index (χ0) is 28.6. The standard InChI is InChI=1S/C31H41FN6O2/c1-20-14-36(26(13-34-20)15-37-21(2)17-40-18-22(37)3)16-29(39)38-19-31(4,5)30-28(38)11-24(27(12-33)35-30)10-23-6-8-25(32)9-7-23/h6-9,11,20-22,26,34H,10,13-19H2,1-5H3/t20-,21-,22-,26-/m1/s1. The van der Waals surface area contributed by atoms with E-state index in [0.29, 0.717) is 43.3 Å². The Balaban J connectivity index is 1.38. The molecule has 8 nitrogen and oxygen atoms in total. The lowest BCUT2D eigenvalue weighted by atomic mass is 9.90. The molecule has 1 aromatic carbocycles. The van der Waals surface area contributed by atoms with E-state index in [2.05, 4.69) is 55.8 Å². The molecule has 9 heteroatoms. The van der Waals surface area contributed by atoms with E-state index >= 15 is 0 Å². The number of rotatable bonds is 6. The third kappa shape index (κ3) is 5.91. The normalized spacial score (nSPS) is 26.9. The molecule has 0 unspecified atom stereocenters. The first-order valence-corrected chi connectivity index (χ1v) is 14.4. The van der Waals surface area contributed by atoms with Crippen molar-refractivity contribution in [3.63, 3.8) is 0 Å². The molecule has 1 N–H and O–H groups in total. The third-order valence-corrected chi connectivity index (χ3v) is 8.62. The molecule has 0 radical (unpaired) electrons. The number of morpholine rings is 1. The molecule has 2 saturated heterocycles. The number of nitrogens with zero attached hydrogens (tertiary/aromatic N) is 5. The highest BCUT2D eigenvalue weighted by Gasteiger charge is 2.42. The minimum Gasteiger partial charge on any atom is -0.378 e. The molecule has 0 aliphatic carbocycles. The zero-order valence-electron chi connectivity index (χ0n) is 24.3. The van der Waals surface area contributed by atoms with Gasteiger partial charge >= 0.3 is 0 Å². The number of nitrogens with one attached hydrogen (secondary N) is 1. The molecular weight excluding hydrogens is 507 g/mol. The van der Waals surface area contributed by atoms with Gasteiger partial charge in [0.25, 0.3) is 0 Å². The van der Waals surface area contributed by atoms with E-state index in [1.54, 1.807) is 12.1 Å². The minimum atomic E-state index is -0.375. The van der Waals surface area contributed by atoms with Gasteiger partial charge in [0.2, 0.25) is 5.91 Å². The molecule has 4 atom stereocenters. The summed E-state index contributed by atoms with van der Waals surface area (Å²) in [7, 11) is 0. The average Bonchev–Trinajstić information content (AvgIpc) is 3.18. The summed E-state index contributed by atoms with van der Waals surface area (Å²) >= 11 is 0. The number of carbonyl (C=O) groups excluding carboxylic acids is 1. The van der Waals surface area contributed by atoms with Gasteiger partial charge in [0.05, 0.1) is 31.1 Å². The van der Waals surface area contributed by atoms with Crippen LogP contribution in [0.5, 0.6) is 0 Å². The van der Waals surface area contributed by atoms with Crippen LogP contribution >= 0.6 is 0 Å². The van der Waals surface area contributed by atoms with E-state index in [-0.39, 0.29) is 23.2 Å². The highest BCUT2D eigenvalue weighted by atomic mass is 19.1. The second kappa shape index (κ2) is 11.5. The summed E-state index contributed by atoms with van der Waals surface area (Å²) in [5.41, 5.74) is 3.17. The van der Waals surface area contributed by atoms with Gasteiger partial charge < -0.3 is 15.0 Å². The molecule has 1 aromatic heterocycles. The van der Waals surface area contributed by atoms with Crippen LogP contribution in [0.4, 0.5) is 10.1 Å². The number of hydrogen-bond donors (Lipinski definition) is 1. The predicted octanol–water partition coefficient (Wildman–Crippen LogP) is 3.08. The highest BCUT2D eigenvalue weighted by molar-refractivity contribution is 5.97. The fourth-order valence-corrected chi connectivity index (χ4v) is 6.38. The molecule has 40 heavy (non-hydrogen) atoms. The Bertz CT molecular complexity index is 1270. The van der Waals surface area contributed by atoms with E-state index in [1.165, 1.54) is 12.1 Å². The summed E-state index contributed by atoms with van der Waals surface area (Å²) in [6.07, 6.45) is 0.444. The van der Waals surface area contributed by atoms with Crippen molar-refractivity contribution in [2.75, 3.05) is 50.8 Å². The molecule has 3 aliphatic rings.